The number of methoxy groups -OCH3 is 1. The number of likely N-dealkylation sites (tertiary alicyclic amines) is 1. The highest BCUT2D eigenvalue weighted by Gasteiger charge is 2.52. The molecule has 2 aromatic rings. The summed E-state index contributed by atoms with van der Waals surface area (Å²) in [5.41, 5.74) is 0.931. The number of benzene rings is 2. The number of nitrogens with zero attached hydrogens (tertiary/aromatic N) is 2. The van der Waals surface area contributed by atoms with E-state index < -0.39 is 17.4 Å². The summed E-state index contributed by atoms with van der Waals surface area (Å²) in [4.78, 5) is 42.9. The number of halogens is 2. The molecule has 3 fully saturated rings. The predicted octanol–water partition coefficient (Wildman–Crippen LogP) is 5.04. The first kappa shape index (κ1) is 29.9. The summed E-state index contributed by atoms with van der Waals surface area (Å²) in [5.74, 6) is -2.73. The van der Waals surface area contributed by atoms with Crippen LogP contribution in [0.5, 0.6) is 5.75 Å². The minimum atomic E-state index is -2.69. The molecule has 10 heteroatoms. The number of rotatable bonds is 9. The highest BCUT2D eigenvalue weighted by atomic mass is 19.3. The monoisotopic (exact) mass is 582 g/mol. The molecule has 0 aromatic heterocycles. The normalized spacial score (nSPS) is 22.8. The van der Waals surface area contributed by atoms with E-state index in [1.165, 1.54) is 4.90 Å². The van der Waals surface area contributed by atoms with Gasteiger partial charge < -0.3 is 20.3 Å². The van der Waals surface area contributed by atoms with Crippen molar-refractivity contribution in [3.05, 3.63) is 65.7 Å². The van der Waals surface area contributed by atoms with Gasteiger partial charge in [0.15, 0.2) is 0 Å². The van der Waals surface area contributed by atoms with Gasteiger partial charge in [0.2, 0.25) is 11.8 Å². The topological polar surface area (TPSA) is 91.0 Å². The van der Waals surface area contributed by atoms with E-state index in [4.69, 9.17) is 4.74 Å². The maximum absolute atomic E-state index is 13.9. The van der Waals surface area contributed by atoms with E-state index in [9.17, 15) is 23.2 Å². The van der Waals surface area contributed by atoms with Crippen LogP contribution in [-0.4, -0.2) is 65.9 Å². The molecule has 1 saturated carbocycles. The Hall–Kier alpha value is -3.53. The average molecular weight is 583 g/mol. The fourth-order valence-corrected chi connectivity index (χ4v) is 6.36. The first-order valence-electron chi connectivity index (χ1n) is 14.9. The van der Waals surface area contributed by atoms with Gasteiger partial charge in [-0.3, -0.25) is 14.5 Å². The number of ether oxygens (including phenoxy) is 1. The van der Waals surface area contributed by atoms with Gasteiger partial charge in [-0.15, -0.1) is 0 Å². The molecular weight excluding hydrogens is 542 g/mol. The summed E-state index contributed by atoms with van der Waals surface area (Å²) in [6.07, 6.45) is 2.29. The maximum Gasteiger partial charge on any atom is 0.325 e. The standard InChI is InChI=1S/C32H40F2N4O4/c1-42-26-11-9-23(10-12-26)22-38-29(40)31(36-30(38)41)17-20-37(21-18-31)19-14-27(24-6-3-2-4-7-24)35-28(39)25-8-5-15-32(33,34)16-13-25/h2-4,6-7,9-12,25,27H,5,8,13-22H2,1H3,(H,35,39)(H,36,41)/t25?,27-/m0/s1. The summed E-state index contributed by atoms with van der Waals surface area (Å²) < 4.78 is 32.9. The molecule has 2 saturated heterocycles. The van der Waals surface area contributed by atoms with E-state index in [1.54, 1.807) is 7.11 Å². The fraction of sp³-hybridized carbons (Fsp3) is 0.531. The van der Waals surface area contributed by atoms with Gasteiger partial charge in [0.1, 0.15) is 11.3 Å². The third-order valence-corrected chi connectivity index (χ3v) is 9.03. The number of imide groups is 1. The molecule has 2 N–H and O–H groups in total. The molecule has 3 aliphatic rings. The van der Waals surface area contributed by atoms with Crippen molar-refractivity contribution in [1.82, 2.24) is 20.4 Å². The first-order valence-corrected chi connectivity index (χ1v) is 14.9. The molecule has 1 aliphatic carbocycles. The lowest BCUT2D eigenvalue weighted by molar-refractivity contribution is -0.133. The molecule has 42 heavy (non-hydrogen) atoms. The molecule has 2 heterocycles. The summed E-state index contributed by atoms with van der Waals surface area (Å²) in [6.45, 7) is 2.17. The lowest BCUT2D eigenvalue weighted by atomic mass is 9.87. The zero-order valence-corrected chi connectivity index (χ0v) is 24.1. The Morgan fingerprint density at radius 2 is 1.74 bits per heavy atom. The van der Waals surface area contributed by atoms with Gasteiger partial charge in [-0.05, 0) is 61.8 Å². The van der Waals surface area contributed by atoms with Crippen LogP contribution >= 0.6 is 0 Å². The lowest BCUT2D eigenvalue weighted by Crippen LogP contribution is -2.55. The second kappa shape index (κ2) is 12.8. The van der Waals surface area contributed by atoms with Gasteiger partial charge >= 0.3 is 6.03 Å². The van der Waals surface area contributed by atoms with Crippen LogP contribution in [0, 0.1) is 5.92 Å². The number of piperidine rings is 1. The highest BCUT2D eigenvalue weighted by molar-refractivity contribution is 6.07. The van der Waals surface area contributed by atoms with Gasteiger partial charge in [0.25, 0.3) is 5.91 Å². The van der Waals surface area contributed by atoms with Gasteiger partial charge in [-0.2, -0.15) is 0 Å². The van der Waals surface area contributed by atoms with Crippen molar-refractivity contribution in [2.75, 3.05) is 26.7 Å². The lowest BCUT2D eigenvalue weighted by Gasteiger charge is -2.38. The molecule has 1 spiro atoms. The summed E-state index contributed by atoms with van der Waals surface area (Å²) in [6, 6.07) is 16.4. The number of amides is 4. The Kier molecular flexibility index (Phi) is 9.11. The predicted molar refractivity (Wildman–Crippen MR) is 154 cm³/mol. The highest BCUT2D eigenvalue weighted by Crippen LogP contribution is 2.35. The van der Waals surface area contributed by atoms with E-state index in [0.29, 0.717) is 57.5 Å². The molecule has 0 radical (unpaired) electrons. The SMILES string of the molecule is COc1ccc(CN2C(=O)NC3(CCN(CC[C@H](NC(=O)C4CCCC(F)(F)CC4)c4ccccc4)CC3)C2=O)cc1. The second-order valence-corrected chi connectivity index (χ2v) is 11.8. The van der Waals surface area contributed by atoms with Crippen LogP contribution in [0.1, 0.15) is 68.5 Å². The molecule has 226 valence electrons. The molecule has 2 aromatic carbocycles. The Morgan fingerprint density at radius 1 is 1.02 bits per heavy atom. The molecule has 2 atom stereocenters. The van der Waals surface area contributed by atoms with Crippen LogP contribution in [0.25, 0.3) is 0 Å². The van der Waals surface area contributed by atoms with Crippen molar-refractivity contribution in [2.24, 2.45) is 5.92 Å². The van der Waals surface area contributed by atoms with Crippen LogP contribution in [0.15, 0.2) is 54.6 Å². The zero-order chi connectivity index (χ0) is 29.7. The van der Waals surface area contributed by atoms with Crippen molar-refractivity contribution in [1.29, 1.82) is 0 Å². The Morgan fingerprint density at radius 3 is 2.43 bits per heavy atom. The number of carbonyl (C=O) groups is 3. The Labute approximate surface area is 245 Å². The van der Waals surface area contributed by atoms with Crippen LogP contribution in [0.2, 0.25) is 0 Å². The molecular formula is C32H40F2N4O4. The van der Waals surface area contributed by atoms with Crippen LogP contribution in [0.3, 0.4) is 0 Å². The van der Waals surface area contributed by atoms with E-state index in [2.05, 4.69) is 15.5 Å². The van der Waals surface area contributed by atoms with Crippen LogP contribution < -0.4 is 15.4 Å². The maximum atomic E-state index is 13.9. The molecule has 1 unspecified atom stereocenters. The van der Waals surface area contributed by atoms with Gasteiger partial charge in [0.05, 0.1) is 19.7 Å². The number of alkyl halides is 2. The van der Waals surface area contributed by atoms with Crippen molar-refractivity contribution < 1.29 is 27.9 Å². The average Bonchev–Trinajstić information content (AvgIpc) is 3.10. The van der Waals surface area contributed by atoms with E-state index >= 15 is 0 Å². The quantitative estimate of drug-likeness (QED) is 0.319. The van der Waals surface area contributed by atoms with E-state index in [-0.39, 0.29) is 49.7 Å². The first-order chi connectivity index (χ1) is 20.2. The number of hydrogen-bond donors (Lipinski definition) is 2. The summed E-state index contributed by atoms with van der Waals surface area (Å²) >= 11 is 0. The molecule has 0 bridgehead atoms. The number of hydrogen-bond acceptors (Lipinski definition) is 5. The fourth-order valence-electron chi connectivity index (χ4n) is 6.36. The van der Waals surface area contributed by atoms with Gasteiger partial charge in [-0.25, -0.2) is 13.6 Å². The minimum absolute atomic E-state index is 0.155. The van der Waals surface area contributed by atoms with Crippen molar-refractivity contribution in [3.63, 3.8) is 0 Å². The molecule has 5 rings (SSSR count). The largest absolute Gasteiger partial charge is 0.497 e. The van der Waals surface area contributed by atoms with Crippen LogP contribution in [-0.2, 0) is 16.1 Å². The van der Waals surface area contributed by atoms with Gasteiger partial charge in [0, 0.05) is 38.4 Å². The van der Waals surface area contributed by atoms with Crippen LogP contribution in [0.4, 0.5) is 13.6 Å². The Balaban J connectivity index is 1.16. The van der Waals surface area contributed by atoms with Crippen molar-refractivity contribution in [2.45, 2.75) is 75.4 Å². The van der Waals surface area contributed by atoms with Crippen molar-refractivity contribution in [3.8, 4) is 5.75 Å². The minimum Gasteiger partial charge on any atom is -0.497 e. The number of nitrogens with one attached hydrogen (secondary N) is 2. The third-order valence-electron chi connectivity index (χ3n) is 9.03. The smallest absolute Gasteiger partial charge is 0.325 e. The summed E-state index contributed by atoms with van der Waals surface area (Å²) in [7, 11) is 1.59. The Bertz CT molecular complexity index is 1250. The molecule has 4 amide bonds. The molecule has 8 nitrogen and oxygen atoms in total. The van der Waals surface area contributed by atoms with Gasteiger partial charge in [-0.1, -0.05) is 42.5 Å². The number of carbonyl (C=O) groups excluding carboxylic acids is 3. The van der Waals surface area contributed by atoms with E-state index in [1.807, 2.05) is 54.6 Å². The van der Waals surface area contributed by atoms with Crippen molar-refractivity contribution >= 4 is 17.8 Å². The molecule has 2 aliphatic heterocycles. The third kappa shape index (κ3) is 6.91. The number of urea groups is 1. The summed E-state index contributed by atoms with van der Waals surface area (Å²) in [5, 5.41) is 6.13. The second-order valence-electron chi connectivity index (χ2n) is 11.8. The van der Waals surface area contributed by atoms with E-state index in [0.717, 1.165) is 11.1 Å². The zero-order valence-electron chi connectivity index (χ0n) is 24.1.